The maximum absolute atomic E-state index is 10.9. The van der Waals surface area contributed by atoms with Crippen molar-refractivity contribution in [2.75, 3.05) is 20.2 Å². The first-order valence-corrected chi connectivity index (χ1v) is 5.40. The molecule has 1 fully saturated rings. The van der Waals surface area contributed by atoms with E-state index in [-0.39, 0.29) is 6.10 Å². The standard InChI is InChI=1S/C6H14N2O3S/c1-11-5-2-6(4-8-3-5)12(7,9)10/h5-6,8H,2-4H2,1H3,(H2,7,9,10)/t5-,6+/m1/s1. The molecule has 1 saturated heterocycles. The van der Waals surface area contributed by atoms with Gasteiger partial charge in [0.25, 0.3) is 0 Å². The average Bonchev–Trinajstić information content (AvgIpc) is 2.03. The molecule has 72 valence electrons. The maximum atomic E-state index is 10.9. The quantitative estimate of drug-likeness (QED) is 0.569. The van der Waals surface area contributed by atoms with Crippen LogP contribution in [-0.4, -0.2) is 40.0 Å². The molecule has 1 aliphatic heterocycles. The zero-order valence-corrected chi connectivity index (χ0v) is 7.80. The summed E-state index contributed by atoms with van der Waals surface area (Å²) in [6.45, 7) is 1.13. The lowest BCUT2D eigenvalue weighted by Gasteiger charge is -2.27. The van der Waals surface area contributed by atoms with Crippen molar-refractivity contribution in [3.63, 3.8) is 0 Å². The number of ether oxygens (including phenoxy) is 1. The molecule has 1 aliphatic rings. The Morgan fingerprint density at radius 2 is 2.17 bits per heavy atom. The number of primary sulfonamides is 1. The fourth-order valence-corrected chi connectivity index (χ4v) is 2.13. The molecule has 5 nitrogen and oxygen atoms in total. The summed E-state index contributed by atoms with van der Waals surface area (Å²) >= 11 is 0. The molecule has 0 bridgehead atoms. The van der Waals surface area contributed by atoms with Crippen molar-refractivity contribution in [2.45, 2.75) is 17.8 Å². The van der Waals surface area contributed by atoms with Crippen LogP contribution >= 0.6 is 0 Å². The van der Waals surface area contributed by atoms with E-state index >= 15 is 0 Å². The molecule has 0 radical (unpaired) electrons. The van der Waals surface area contributed by atoms with E-state index in [2.05, 4.69) is 5.32 Å². The average molecular weight is 194 g/mol. The van der Waals surface area contributed by atoms with Gasteiger partial charge >= 0.3 is 0 Å². The molecule has 0 aromatic heterocycles. The zero-order valence-electron chi connectivity index (χ0n) is 6.99. The van der Waals surface area contributed by atoms with Crippen molar-refractivity contribution in [1.29, 1.82) is 0 Å². The molecule has 2 atom stereocenters. The highest BCUT2D eigenvalue weighted by Gasteiger charge is 2.28. The Morgan fingerprint density at radius 1 is 1.50 bits per heavy atom. The van der Waals surface area contributed by atoms with Crippen molar-refractivity contribution >= 4 is 10.0 Å². The molecule has 0 aromatic rings. The van der Waals surface area contributed by atoms with Gasteiger partial charge in [0.05, 0.1) is 11.4 Å². The second kappa shape index (κ2) is 3.69. The summed E-state index contributed by atoms with van der Waals surface area (Å²) in [5, 5.41) is 7.46. The van der Waals surface area contributed by atoms with Crippen LogP contribution in [0.4, 0.5) is 0 Å². The second-order valence-corrected chi connectivity index (χ2v) is 4.81. The highest BCUT2D eigenvalue weighted by molar-refractivity contribution is 7.89. The van der Waals surface area contributed by atoms with Gasteiger partial charge in [0.1, 0.15) is 0 Å². The van der Waals surface area contributed by atoms with Crippen LogP contribution in [0.2, 0.25) is 0 Å². The van der Waals surface area contributed by atoms with Crippen LogP contribution in [-0.2, 0) is 14.8 Å². The number of nitrogens with two attached hydrogens (primary N) is 1. The van der Waals surface area contributed by atoms with Crippen LogP contribution in [0, 0.1) is 0 Å². The first kappa shape index (κ1) is 9.91. The maximum Gasteiger partial charge on any atom is 0.213 e. The summed E-state index contributed by atoms with van der Waals surface area (Å²) in [6.07, 6.45) is 0.449. The number of nitrogens with one attached hydrogen (secondary N) is 1. The topological polar surface area (TPSA) is 81.4 Å². The van der Waals surface area contributed by atoms with Crippen molar-refractivity contribution in [3.05, 3.63) is 0 Å². The Kier molecular flexibility index (Phi) is 3.05. The molecule has 1 rings (SSSR count). The predicted octanol–water partition coefficient (Wildman–Crippen LogP) is -1.35. The second-order valence-electron chi connectivity index (χ2n) is 2.96. The SMILES string of the molecule is CO[C@H]1CNC[C@@H](S(N)(=O)=O)C1. The van der Waals surface area contributed by atoms with Gasteiger partial charge in [-0.15, -0.1) is 0 Å². The fraction of sp³-hybridized carbons (Fsp3) is 1.00. The molecule has 0 aromatic carbocycles. The summed E-state index contributed by atoms with van der Waals surface area (Å²) < 4.78 is 26.9. The smallest absolute Gasteiger partial charge is 0.213 e. The number of hydrogen-bond acceptors (Lipinski definition) is 4. The third-order valence-electron chi connectivity index (χ3n) is 2.07. The van der Waals surface area contributed by atoms with Gasteiger partial charge < -0.3 is 10.1 Å². The Morgan fingerprint density at radius 3 is 2.67 bits per heavy atom. The van der Waals surface area contributed by atoms with Crippen molar-refractivity contribution in [2.24, 2.45) is 5.14 Å². The van der Waals surface area contributed by atoms with Crippen LogP contribution in [0.25, 0.3) is 0 Å². The van der Waals surface area contributed by atoms with Crippen molar-refractivity contribution in [3.8, 4) is 0 Å². The predicted molar refractivity (Wildman–Crippen MR) is 45.2 cm³/mol. The summed E-state index contributed by atoms with van der Waals surface area (Å²) in [6, 6.07) is 0. The lowest BCUT2D eigenvalue weighted by molar-refractivity contribution is 0.0820. The van der Waals surface area contributed by atoms with Gasteiger partial charge in [-0.25, -0.2) is 13.6 Å². The van der Waals surface area contributed by atoms with Crippen molar-refractivity contribution < 1.29 is 13.2 Å². The largest absolute Gasteiger partial charge is 0.380 e. The van der Waals surface area contributed by atoms with Crippen LogP contribution in [0.3, 0.4) is 0 Å². The molecule has 1 heterocycles. The molecule has 0 spiro atoms. The summed E-state index contributed by atoms with van der Waals surface area (Å²) in [7, 11) is -1.84. The molecule has 0 saturated carbocycles. The molecule has 6 heteroatoms. The molecular formula is C6H14N2O3S. The van der Waals surface area contributed by atoms with E-state index in [1.807, 2.05) is 0 Å². The first-order chi connectivity index (χ1) is 5.54. The van der Waals surface area contributed by atoms with Crippen molar-refractivity contribution in [1.82, 2.24) is 5.32 Å². The van der Waals surface area contributed by atoms with E-state index in [0.717, 1.165) is 0 Å². The number of piperidine rings is 1. The third-order valence-corrected chi connectivity index (χ3v) is 3.36. The number of sulfonamides is 1. The van der Waals surface area contributed by atoms with Crippen LogP contribution in [0.15, 0.2) is 0 Å². The van der Waals surface area contributed by atoms with Crippen LogP contribution in [0.5, 0.6) is 0 Å². The van der Waals surface area contributed by atoms with E-state index in [1.165, 1.54) is 0 Å². The van der Waals surface area contributed by atoms with E-state index in [0.29, 0.717) is 19.5 Å². The zero-order chi connectivity index (χ0) is 9.19. The van der Waals surface area contributed by atoms with Crippen LogP contribution in [0.1, 0.15) is 6.42 Å². The van der Waals surface area contributed by atoms with Gasteiger partial charge in [-0.3, -0.25) is 0 Å². The van der Waals surface area contributed by atoms with E-state index < -0.39 is 15.3 Å². The molecule has 0 unspecified atom stereocenters. The number of rotatable bonds is 2. The van der Waals surface area contributed by atoms with Gasteiger partial charge in [0.2, 0.25) is 10.0 Å². The summed E-state index contributed by atoms with van der Waals surface area (Å²) in [5.74, 6) is 0. The molecule has 0 amide bonds. The molecule has 12 heavy (non-hydrogen) atoms. The molecular weight excluding hydrogens is 180 g/mol. The minimum Gasteiger partial charge on any atom is -0.380 e. The lowest BCUT2D eigenvalue weighted by Crippen LogP contribution is -2.48. The first-order valence-electron chi connectivity index (χ1n) is 3.79. The fourth-order valence-electron chi connectivity index (χ4n) is 1.30. The molecule has 3 N–H and O–H groups in total. The lowest BCUT2D eigenvalue weighted by atomic mass is 10.1. The normalized spacial score (nSPS) is 31.8. The summed E-state index contributed by atoms with van der Waals surface area (Å²) in [4.78, 5) is 0. The van der Waals surface area contributed by atoms with E-state index in [9.17, 15) is 8.42 Å². The van der Waals surface area contributed by atoms with E-state index in [1.54, 1.807) is 7.11 Å². The minimum absolute atomic E-state index is 0.0397. The molecule has 0 aliphatic carbocycles. The highest BCUT2D eigenvalue weighted by atomic mass is 32.2. The Balaban J connectivity index is 2.58. The third kappa shape index (κ3) is 2.41. The van der Waals surface area contributed by atoms with E-state index in [4.69, 9.17) is 9.88 Å². The van der Waals surface area contributed by atoms with Gasteiger partial charge in [0, 0.05) is 20.2 Å². The van der Waals surface area contributed by atoms with Gasteiger partial charge in [0.15, 0.2) is 0 Å². The monoisotopic (exact) mass is 194 g/mol. The number of hydrogen-bond donors (Lipinski definition) is 2. The Hall–Kier alpha value is -0.170. The Bertz CT molecular complexity index is 239. The van der Waals surface area contributed by atoms with Gasteiger partial charge in [-0.1, -0.05) is 0 Å². The van der Waals surface area contributed by atoms with Gasteiger partial charge in [-0.2, -0.15) is 0 Å². The number of methoxy groups -OCH3 is 1. The highest BCUT2D eigenvalue weighted by Crippen LogP contribution is 2.11. The van der Waals surface area contributed by atoms with Crippen LogP contribution < -0.4 is 10.5 Å². The minimum atomic E-state index is -3.41. The Labute approximate surface area is 72.3 Å². The van der Waals surface area contributed by atoms with Gasteiger partial charge in [-0.05, 0) is 6.42 Å². The summed E-state index contributed by atoms with van der Waals surface area (Å²) in [5.41, 5.74) is 0.